The number of benzene rings is 2. The zero-order chi connectivity index (χ0) is 22.6. The number of hydrogen-bond donors (Lipinski definition) is 2. The molecule has 1 heterocycles. The molecule has 0 atom stereocenters. The van der Waals surface area contributed by atoms with Crippen LogP contribution in [0, 0.1) is 20.8 Å². The molecule has 1 aromatic heterocycles. The average molecular weight is 477 g/mol. The molecule has 2 aromatic carbocycles. The molecule has 162 valence electrons. The van der Waals surface area contributed by atoms with Crippen molar-refractivity contribution in [1.82, 2.24) is 9.97 Å². The van der Waals surface area contributed by atoms with Crippen LogP contribution in [0.25, 0.3) is 0 Å². The second-order valence-electron chi connectivity index (χ2n) is 6.86. The highest BCUT2D eigenvalue weighted by Gasteiger charge is 2.17. The van der Waals surface area contributed by atoms with Gasteiger partial charge in [-0.3, -0.25) is 9.52 Å². The van der Waals surface area contributed by atoms with Crippen LogP contribution >= 0.6 is 23.4 Å². The molecule has 0 unspecified atom stereocenters. The Kier molecular flexibility index (Phi) is 7.19. The van der Waals surface area contributed by atoms with E-state index in [0.717, 1.165) is 17.0 Å². The third-order valence-corrected chi connectivity index (χ3v) is 6.66. The van der Waals surface area contributed by atoms with E-state index < -0.39 is 10.0 Å². The molecule has 3 rings (SSSR count). The molecule has 0 bridgehead atoms. The lowest BCUT2D eigenvalue weighted by molar-refractivity contribution is -0.113. The van der Waals surface area contributed by atoms with Crippen LogP contribution in [0.3, 0.4) is 0 Å². The predicted octanol–water partition coefficient (Wildman–Crippen LogP) is 4.59. The third-order valence-electron chi connectivity index (χ3n) is 4.18. The molecule has 0 saturated carbocycles. The van der Waals surface area contributed by atoms with Crippen molar-refractivity contribution in [2.75, 3.05) is 15.8 Å². The lowest BCUT2D eigenvalue weighted by Gasteiger charge is -2.12. The maximum absolute atomic E-state index is 12.7. The Morgan fingerprint density at radius 2 is 1.65 bits per heavy atom. The highest BCUT2D eigenvalue weighted by atomic mass is 35.5. The first-order chi connectivity index (χ1) is 14.6. The summed E-state index contributed by atoms with van der Waals surface area (Å²) in [6.07, 6.45) is 0. The van der Waals surface area contributed by atoms with Gasteiger partial charge in [0.2, 0.25) is 5.91 Å². The van der Waals surface area contributed by atoms with E-state index in [4.69, 9.17) is 11.6 Å². The van der Waals surface area contributed by atoms with Gasteiger partial charge < -0.3 is 5.32 Å². The van der Waals surface area contributed by atoms with E-state index >= 15 is 0 Å². The Morgan fingerprint density at radius 1 is 1.00 bits per heavy atom. The van der Waals surface area contributed by atoms with Crippen molar-refractivity contribution in [2.45, 2.75) is 30.8 Å². The second kappa shape index (κ2) is 9.67. The normalized spacial score (nSPS) is 11.2. The van der Waals surface area contributed by atoms with Gasteiger partial charge in [0.25, 0.3) is 10.0 Å². The molecule has 3 aromatic rings. The van der Waals surface area contributed by atoms with Crippen LogP contribution in [0.5, 0.6) is 0 Å². The number of rotatable bonds is 7. The standard InChI is InChI=1S/C21H21ClN4O3S2/c1-13-4-9-18(31(28,29)26-17-7-5-16(22)6-8-17)11-19(13)25-20(27)12-30-21-23-14(2)10-15(3)24-21/h4-11,26H,12H2,1-3H3,(H,25,27). The van der Waals surface area contributed by atoms with Crippen LogP contribution in [0.1, 0.15) is 17.0 Å². The molecule has 0 radical (unpaired) electrons. The molecule has 0 aliphatic carbocycles. The zero-order valence-electron chi connectivity index (χ0n) is 17.1. The molecule has 0 aliphatic heterocycles. The number of nitrogens with one attached hydrogen (secondary N) is 2. The maximum Gasteiger partial charge on any atom is 0.261 e. The van der Waals surface area contributed by atoms with Gasteiger partial charge in [0.1, 0.15) is 0 Å². The van der Waals surface area contributed by atoms with E-state index in [1.54, 1.807) is 37.3 Å². The predicted molar refractivity (Wildman–Crippen MR) is 124 cm³/mol. The lowest BCUT2D eigenvalue weighted by atomic mass is 10.2. The molecule has 0 fully saturated rings. The molecule has 0 saturated heterocycles. The van der Waals surface area contributed by atoms with Gasteiger partial charge in [-0.25, -0.2) is 18.4 Å². The number of carbonyl (C=O) groups is 1. The summed E-state index contributed by atoms with van der Waals surface area (Å²) >= 11 is 7.06. The van der Waals surface area contributed by atoms with Gasteiger partial charge in [0.15, 0.2) is 5.16 Å². The van der Waals surface area contributed by atoms with Crippen LogP contribution in [0.2, 0.25) is 5.02 Å². The fourth-order valence-corrected chi connectivity index (χ4v) is 4.67. The number of aryl methyl sites for hydroxylation is 3. The van der Waals surface area contributed by atoms with Crippen molar-refractivity contribution in [1.29, 1.82) is 0 Å². The number of nitrogens with zero attached hydrogens (tertiary/aromatic N) is 2. The van der Waals surface area contributed by atoms with E-state index in [1.807, 2.05) is 19.9 Å². The Hall–Kier alpha value is -2.62. The van der Waals surface area contributed by atoms with Crippen molar-refractivity contribution in [3.05, 3.63) is 70.5 Å². The number of anilines is 2. The summed E-state index contributed by atoms with van der Waals surface area (Å²) in [7, 11) is -3.84. The minimum atomic E-state index is -3.84. The largest absolute Gasteiger partial charge is 0.325 e. The van der Waals surface area contributed by atoms with Gasteiger partial charge in [-0.1, -0.05) is 29.4 Å². The molecule has 0 aliphatic rings. The molecule has 0 spiro atoms. The Labute approximate surface area is 190 Å². The average Bonchev–Trinajstić information content (AvgIpc) is 2.69. The Morgan fingerprint density at radius 3 is 2.29 bits per heavy atom. The number of thioether (sulfide) groups is 1. The second-order valence-corrected chi connectivity index (χ2v) is 9.92. The molecular weight excluding hydrogens is 456 g/mol. The molecular formula is C21H21ClN4O3S2. The Balaban J connectivity index is 1.71. The molecule has 2 N–H and O–H groups in total. The first-order valence-electron chi connectivity index (χ1n) is 9.26. The number of amides is 1. The third kappa shape index (κ3) is 6.43. The van der Waals surface area contributed by atoms with Crippen molar-refractivity contribution in [3.63, 3.8) is 0 Å². The van der Waals surface area contributed by atoms with E-state index in [1.165, 1.54) is 23.9 Å². The van der Waals surface area contributed by atoms with E-state index in [-0.39, 0.29) is 16.6 Å². The first-order valence-corrected chi connectivity index (χ1v) is 12.1. The van der Waals surface area contributed by atoms with Crippen LogP contribution in [0.15, 0.2) is 58.6 Å². The first kappa shape index (κ1) is 23.1. The summed E-state index contributed by atoms with van der Waals surface area (Å²) in [5, 5.41) is 3.80. The fourth-order valence-electron chi connectivity index (χ4n) is 2.71. The molecule has 10 heteroatoms. The SMILES string of the molecule is Cc1cc(C)nc(SCC(=O)Nc2cc(S(=O)(=O)Nc3ccc(Cl)cc3)ccc2C)n1. The van der Waals surface area contributed by atoms with E-state index in [0.29, 0.717) is 21.6 Å². The number of carbonyl (C=O) groups excluding carboxylic acids is 1. The van der Waals surface area contributed by atoms with Crippen molar-refractivity contribution >= 4 is 50.7 Å². The van der Waals surface area contributed by atoms with E-state index in [2.05, 4.69) is 20.0 Å². The van der Waals surface area contributed by atoms with Crippen LogP contribution in [-0.2, 0) is 14.8 Å². The number of hydrogen-bond acceptors (Lipinski definition) is 6. The number of aromatic nitrogens is 2. The van der Waals surface area contributed by atoms with Gasteiger partial charge in [0, 0.05) is 27.8 Å². The van der Waals surface area contributed by atoms with Gasteiger partial charge in [0.05, 0.1) is 10.6 Å². The summed E-state index contributed by atoms with van der Waals surface area (Å²) in [5.74, 6) is -0.182. The molecule has 1 amide bonds. The Bertz CT molecular complexity index is 1200. The molecule has 31 heavy (non-hydrogen) atoms. The highest BCUT2D eigenvalue weighted by Crippen LogP contribution is 2.24. The van der Waals surface area contributed by atoms with Crippen molar-refractivity contribution < 1.29 is 13.2 Å². The minimum absolute atomic E-state index is 0.0358. The van der Waals surface area contributed by atoms with Gasteiger partial charge in [-0.15, -0.1) is 0 Å². The summed E-state index contributed by atoms with van der Waals surface area (Å²) in [6, 6.07) is 12.8. The summed E-state index contributed by atoms with van der Waals surface area (Å²) in [5.41, 5.74) is 3.22. The van der Waals surface area contributed by atoms with Gasteiger partial charge in [-0.05, 0) is 68.8 Å². The monoisotopic (exact) mass is 476 g/mol. The fraction of sp³-hybridized carbons (Fsp3) is 0.190. The number of halogens is 1. The maximum atomic E-state index is 12.7. The van der Waals surface area contributed by atoms with Crippen molar-refractivity contribution in [3.8, 4) is 0 Å². The zero-order valence-corrected chi connectivity index (χ0v) is 19.5. The van der Waals surface area contributed by atoms with Crippen LogP contribution in [-0.4, -0.2) is 30.0 Å². The number of sulfonamides is 1. The highest BCUT2D eigenvalue weighted by molar-refractivity contribution is 7.99. The topological polar surface area (TPSA) is 101 Å². The van der Waals surface area contributed by atoms with Gasteiger partial charge in [-0.2, -0.15) is 0 Å². The van der Waals surface area contributed by atoms with Crippen LogP contribution in [0.4, 0.5) is 11.4 Å². The lowest BCUT2D eigenvalue weighted by Crippen LogP contribution is -2.17. The van der Waals surface area contributed by atoms with E-state index in [9.17, 15) is 13.2 Å². The smallest absolute Gasteiger partial charge is 0.261 e. The summed E-state index contributed by atoms with van der Waals surface area (Å²) in [4.78, 5) is 21.1. The minimum Gasteiger partial charge on any atom is -0.325 e. The quantitative estimate of drug-likeness (QED) is 0.382. The van der Waals surface area contributed by atoms with Gasteiger partial charge >= 0.3 is 0 Å². The van der Waals surface area contributed by atoms with Crippen LogP contribution < -0.4 is 10.0 Å². The summed E-state index contributed by atoms with van der Waals surface area (Å²) < 4.78 is 28.0. The van der Waals surface area contributed by atoms with Crippen molar-refractivity contribution in [2.24, 2.45) is 0 Å². The molecule has 7 nitrogen and oxygen atoms in total. The summed E-state index contributed by atoms with van der Waals surface area (Å²) in [6.45, 7) is 5.52.